The molecule has 25 heavy (non-hydrogen) atoms. The van der Waals surface area contributed by atoms with Crippen molar-refractivity contribution < 1.29 is 24.2 Å². The molecule has 9 heteroatoms. The lowest BCUT2D eigenvalue weighted by atomic mass is 10.1. The van der Waals surface area contributed by atoms with Crippen molar-refractivity contribution in [3.63, 3.8) is 0 Å². The molecule has 1 heterocycles. The zero-order valence-electron chi connectivity index (χ0n) is 15.9. The van der Waals surface area contributed by atoms with E-state index in [-0.39, 0.29) is 6.42 Å². The number of aromatic nitrogens is 3. The molecule has 0 aliphatic carbocycles. The Bertz CT molecular complexity index is 600. The van der Waals surface area contributed by atoms with Gasteiger partial charge in [0, 0.05) is 6.42 Å². The summed E-state index contributed by atoms with van der Waals surface area (Å²) in [5.41, 5.74) is -0.865. The topological polar surface area (TPSA) is 116 Å². The molecule has 0 aromatic carbocycles. The number of hydrogen-bond acceptors (Lipinski definition) is 7. The van der Waals surface area contributed by atoms with E-state index in [0.717, 1.165) is 4.68 Å². The van der Waals surface area contributed by atoms with Crippen molar-refractivity contribution in [2.24, 2.45) is 0 Å². The second kappa shape index (κ2) is 7.81. The van der Waals surface area contributed by atoms with Crippen LogP contribution in [0.25, 0.3) is 0 Å². The molecule has 1 unspecified atom stereocenters. The van der Waals surface area contributed by atoms with Crippen LogP contribution in [0.1, 0.15) is 54.2 Å². The molecule has 0 spiro atoms. The third kappa shape index (κ3) is 7.97. The van der Waals surface area contributed by atoms with Crippen LogP contribution in [0.3, 0.4) is 0 Å². The summed E-state index contributed by atoms with van der Waals surface area (Å²) in [4.78, 5) is 23.6. The van der Waals surface area contributed by atoms with Gasteiger partial charge in [-0.1, -0.05) is 5.21 Å². The first-order valence-electron chi connectivity index (χ1n) is 8.09. The van der Waals surface area contributed by atoms with Crippen LogP contribution in [-0.2, 0) is 15.9 Å². The highest BCUT2D eigenvalue weighted by molar-refractivity contribution is 5.69. The molecule has 1 aromatic rings. The number of aliphatic hydroxyl groups is 1. The van der Waals surface area contributed by atoms with Crippen molar-refractivity contribution in [2.75, 3.05) is 0 Å². The minimum Gasteiger partial charge on any atom is -0.444 e. The SMILES string of the molecule is C[C@H](NC(=O)OC(C)(C)C)C(O)Cc1cn(C(=O)OC(C)(C)C)nn1. The summed E-state index contributed by atoms with van der Waals surface area (Å²) in [5, 5.41) is 20.3. The van der Waals surface area contributed by atoms with Gasteiger partial charge in [0.1, 0.15) is 11.2 Å². The number of carbonyl (C=O) groups excluding carboxylic acids is 2. The first kappa shape index (κ1) is 20.9. The van der Waals surface area contributed by atoms with Gasteiger partial charge >= 0.3 is 12.2 Å². The van der Waals surface area contributed by atoms with E-state index < -0.39 is 35.5 Å². The molecule has 0 fully saturated rings. The van der Waals surface area contributed by atoms with Crippen LogP contribution in [0.4, 0.5) is 9.59 Å². The molecule has 2 atom stereocenters. The van der Waals surface area contributed by atoms with Crippen LogP contribution in [-0.4, -0.2) is 55.6 Å². The van der Waals surface area contributed by atoms with Crippen molar-refractivity contribution in [3.8, 4) is 0 Å². The zero-order chi connectivity index (χ0) is 19.4. The second-order valence-electron chi connectivity index (χ2n) is 7.84. The first-order valence-corrected chi connectivity index (χ1v) is 8.09. The number of amides is 1. The smallest absolute Gasteiger partial charge is 0.436 e. The maximum absolute atomic E-state index is 11.9. The van der Waals surface area contributed by atoms with Gasteiger partial charge in [-0.25, -0.2) is 9.59 Å². The van der Waals surface area contributed by atoms with E-state index in [9.17, 15) is 14.7 Å². The minimum absolute atomic E-state index is 0.111. The molecule has 1 aromatic heterocycles. The summed E-state index contributed by atoms with van der Waals surface area (Å²) >= 11 is 0. The van der Waals surface area contributed by atoms with E-state index in [1.165, 1.54) is 6.20 Å². The van der Waals surface area contributed by atoms with Crippen molar-refractivity contribution in [1.82, 2.24) is 20.3 Å². The fourth-order valence-electron chi connectivity index (χ4n) is 1.77. The third-order valence-electron chi connectivity index (χ3n) is 2.86. The predicted molar refractivity (Wildman–Crippen MR) is 90.2 cm³/mol. The summed E-state index contributed by atoms with van der Waals surface area (Å²) in [6, 6.07) is -0.568. The Morgan fingerprint density at radius 1 is 1.20 bits per heavy atom. The molecule has 0 aliphatic rings. The molecule has 0 bridgehead atoms. The summed E-state index contributed by atoms with van der Waals surface area (Å²) < 4.78 is 11.3. The van der Waals surface area contributed by atoms with Gasteiger partial charge in [0.25, 0.3) is 0 Å². The van der Waals surface area contributed by atoms with E-state index in [4.69, 9.17) is 9.47 Å². The largest absolute Gasteiger partial charge is 0.444 e. The highest BCUT2D eigenvalue weighted by Gasteiger charge is 2.23. The molecule has 0 saturated heterocycles. The summed E-state index contributed by atoms with van der Waals surface area (Å²) in [7, 11) is 0. The molecule has 9 nitrogen and oxygen atoms in total. The van der Waals surface area contributed by atoms with E-state index in [1.54, 1.807) is 48.5 Å². The Labute approximate surface area is 147 Å². The van der Waals surface area contributed by atoms with Crippen LogP contribution in [0.2, 0.25) is 0 Å². The summed E-state index contributed by atoms with van der Waals surface area (Å²) in [6.07, 6.45) is -0.689. The van der Waals surface area contributed by atoms with Gasteiger partial charge in [-0.15, -0.1) is 5.10 Å². The molecule has 2 N–H and O–H groups in total. The van der Waals surface area contributed by atoms with Crippen LogP contribution in [0.5, 0.6) is 0 Å². The Morgan fingerprint density at radius 2 is 1.76 bits per heavy atom. The molecule has 1 rings (SSSR count). The van der Waals surface area contributed by atoms with Gasteiger partial charge in [0.05, 0.1) is 24.0 Å². The maximum atomic E-state index is 11.9. The number of aliphatic hydroxyl groups excluding tert-OH is 1. The van der Waals surface area contributed by atoms with Gasteiger partial charge in [-0.2, -0.15) is 4.68 Å². The van der Waals surface area contributed by atoms with Gasteiger partial charge in [-0.3, -0.25) is 0 Å². The lowest BCUT2D eigenvalue weighted by Crippen LogP contribution is -2.44. The maximum Gasteiger partial charge on any atom is 0.436 e. The predicted octanol–water partition coefficient (Wildman–Crippen LogP) is 1.88. The number of rotatable bonds is 4. The van der Waals surface area contributed by atoms with E-state index in [2.05, 4.69) is 15.6 Å². The fourth-order valence-corrected chi connectivity index (χ4v) is 1.77. The average molecular weight is 356 g/mol. The average Bonchev–Trinajstić information content (AvgIpc) is 2.82. The Balaban J connectivity index is 2.58. The molecule has 0 radical (unpaired) electrons. The molecular formula is C16H28N4O5. The van der Waals surface area contributed by atoms with Crippen molar-refractivity contribution in [2.45, 2.75) is 78.2 Å². The number of carbonyl (C=O) groups is 2. The molecular weight excluding hydrogens is 328 g/mol. The molecule has 1 amide bonds. The minimum atomic E-state index is -0.920. The highest BCUT2D eigenvalue weighted by atomic mass is 16.6. The Hall–Kier alpha value is -2.16. The fraction of sp³-hybridized carbons (Fsp3) is 0.750. The standard InChI is InChI=1S/C16H28N4O5/c1-10(17-13(22)24-15(2,3)4)12(21)8-11-9-20(19-18-11)14(23)25-16(5,6)7/h9-10,12,21H,8H2,1-7H3,(H,17,22)/t10-,12?/m0/s1. The number of ether oxygens (including phenoxy) is 2. The van der Waals surface area contributed by atoms with Crippen LogP contribution >= 0.6 is 0 Å². The number of nitrogens with one attached hydrogen (secondary N) is 1. The quantitative estimate of drug-likeness (QED) is 0.846. The monoisotopic (exact) mass is 356 g/mol. The molecule has 142 valence electrons. The second-order valence-corrected chi connectivity index (χ2v) is 7.84. The van der Waals surface area contributed by atoms with Crippen molar-refractivity contribution in [3.05, 3.63) is 11.9 Å². The zero-order valence-corrected chi connectivity index (χ0v) is 15.9. The van der Waals surface area contributed by atoms with Crippen LogP contribution in [0, 0.1) is 0 Å². The van der Waals surface area contributed by atoms with Gasteiger partial charge in [0.2, 0.25) is 0 Å². The van der Waals surface area contributed by atoms with Crippen molar-refractivity contribution >= 4 is 12.2 Å². The lowest BCUT2D eigenvalue weighted by molar-refractivity contribution is 0.0435. The van der Waals surface area contributed by atoms with E-state index in [0.29, 0.717) is 5.69 Å². The van der Waals surface area contributed by atoms with E-state index in [1.807, 2.05) is 0 Å². The number of hydrogen-bond donors (Lipinski definition) is 2. The third-order valence-corrected chi connectivity index (χ3v) is 2.86. The summed E-state index contributed by atoms with van der Waals surface area (Å²) in [6.45, 7) is 12.1. The van der Waals surface area contributed by atoms with Gasteiger partial charge < -0.3 is 19.9 Å². The van der Waals surface area contributed by atoms with E-state index >= 15 is 0 Å². The molecule has 0 aliphatic heterocycles. The van der Waals surface area contributed by atoms with Crippen LogP contribution < -0.4 is 5.32 Å². The molecule has 0 saturated carbocycles. The van der Waals surface area contributed by atoms with Gasteiger partial charge in [-0.05, 0) is 48.5 Å². The van der Waals surface area contributed by atoms with Gasteiger partial charge in [0.15, 0.2) is 0 Å². The Morgan fingerprint density at radius 3 is 2.28 bits per heavy atom. The highest BCUT2D eigenvalue weighted by Crippen LogP contribution is 2.10. The summed E-state index contributed by atoms with van der Waals surface area (Å²) in [5.74, 6) is 0. The number of nitrogens with zero attached hydrogens (tertiary/aromatic N) is 3. The first-order chi connectivity index (χ1) is 11.3. The lowest BCUT2D eigenvalue weighted by Gasteiger charge is -2.24. The number of alkyl carbamates (subject to hydrolysis) is 1. The van der Waals surface area contributed by atoms with Crippen molar-refractivity contribution in [1.29, 1.82) is 0 Å². The Kier molecular flexibility index (Phi) is 6.53. The van der Waals surface area contributed by atoms with Crippen LogP contribution in [0.15, 0.2) is 6.20 Å². The normalized spacial score (nSPS) is 14.6.